The molecule has 3 nitrogen and oxygen atoms in total. The summed E-state index contributed by atoms with van der Waals surface area (Å²) in [6.45, 7) is 4.29. The Morgan fingerprint density at radius 2 is 2.00 bits per heavy atom. The third-order valence-corrected chi connectivity index (χ3v) is 3.62. The van der Waals surface area contributed by atoms with Crippen molar-refractivity contribution in [1.29, 1.82) is 0 Å². The number of alkyl halides is 1. The first-order valence-electron chi connectivity index (χ1n) is 6.07. The van der Waals surface area contributed by atoms with Crippen molar-refractivity contribution in [3.8, 4) is 0 Å². The van der Waals surface area contributed by atoms with Gasteiger partial charge in [-0.3, -0.25) is 4.57 Å². The average Bonchev–Trinajstić information content (AvgIpc) is 2.82. The lowest BCUT2D eigenvalue weighted by Crippen LogP contribution is -2.13. The van der Waals surface area contributed by atoms with Crippen molar-refractivity contribution in [3.05, 3.63) is 35.5 Å². The fourth-order valence-corrected chi connectivity index (χ4v) is 2.62. The molecule has 1 aromatic carbocycles. The topological polar surface area (TPSA) is 31.2 Å². The maximum absolute atomic E-state index is 11.9. The van der Waals surface area contributed by atoms with E-state index in [2.05, 4.69) is 35.0 Å². The summed E-state index contributed by atoms with van der Waals surface area (Å²) in [6, 6.07) is 6.15. The van der Waals surface area contributed by atoms with Crippen LogP contribution in [0.3, 0.4) is 0 Å². The number of benzene rings is 1. The maximum Gasteiger partial charge on any atom is 0.418 e. The van der Waals surface area contributed by atoms with Crippen LogP contribution in [0.15, 0.2) is 24.4 Å². The number of hydrogen-bond donors (Lipinski definition) is 0. The molecule has 2 rings (SSSR count). The molecule has 0 aliphatic carbocycles. The number of aryl methyl sites for hydroxylation is 1. The molecular formula is C14H16BrNO2. The van der Waals surface area contributed by atoms with Gasteiger partial charge in [0.25, 0.3) is 0 Å². The smallest absolute Gasteiger partial charge is 0.418 e. The van der Waals surface area contributed by atoms with Gasteiger partial charge in [-0.2, -0.15) is 0 Å². The summed E-state index contributed by atoms with van der Waals surface area (Å²) in [5.41, 5.74) is 3.31. The second-order valence-corrected chi connectivity index (χ2v) is 4.58. The van der Waals surface area contributed by atoms with Crippen LogP contribution in [0, 0.1) is 0 Å². The molecule has 1 heterocycles. The molecule has 96 valence electrons. The Morgan fingerprint density at radius 1 is 1.28 bits per heavy atom. The van der Waals surface area contributed by atoms with E-state index >= 15 is 0 Å². The first-order valence-corrected chi connectivity index (χ1v) is 7.20. The monoisotopic (exact) mass is 309 g/mol. The van der Waals surface area contributed by atoms with Gasteiger partial charge in [-0.05, 0) is 30.5 Å². The van der Waals surface area contributed by atoms with Crippen molar-refractivity contribution in [1.82, 2.24) is 4.57 Å². The van der Waals surface area contributed by atoms with E-state index in [4.69, 9.17) is 4.74 Å². The number of rotatable bonds is 3. The zero-order chi connectivity index (χ0) is 13.1. The van der Waals surface area contributed by atoms with Crippen LogP contribution < -0.4 is 0 Å². The van der Waals surface area contributed by atoms with Gasteiger partial charge >= 0.3 is 6.09 Å². The highest BCUT2D eigenvalue weighted by atomic mass is 79.9. The molecule has 0 unspecified atom stereocenters. The molecule has 0 saturated heterocycles. The molecule has 4 heteroatoms. The lowest BCUT2D eigenvalue weighted by Gasteiger charge is -2.09. The van der Waals surface area contributed by atoms with Crippen LogP contribution in [0.2, 0.25) is 0 Å². The number of carbonyl (C=O) groups excluding carboxylic acids is 1. The fourth-order valence-electron chi connectivity index (χ4n) is 2.14. The summed E-state index contributed by atoms with van der Waals surface area (Å²) >= 11 is 3.48. The summed E-state index contributed by atoms with van der Waals surface area (Å²) in [4.78, 5) is 11.9. The standard InChI is InChI=1S/C14H16BrNO2/c1-3-10-5-6-11(9-15)12-7-8-16(13(10)12)14(17)18-4-2/h5-8H,3-4,9H2,1-2H3. The SMILES string of the molecule is CCOC(=O)n1ccc2c(CBr)ccc(CC)c21. The van der Waals surface area contributed by atoms with Gasteiger partial charge in [-0.1, -0.05) is 35.0 Å². The van der Waals surface area contributed by atoms with Gasteiger partial charge < -0.3 is 4.74 Å². The third kappa shape index (κ3) is 2.17. The van der Waals surface area contributed by atoms with Crippen LogP contribution in [-0.2, 0) is 16.5 Å². The van der Waals surface area contributed by atoms with Crippen LogP contribution in [0.5, 0.6) is 0 Å². The van der Waals surface area contributed by atoms with Crippen LogP contribution in [0.25, 0.3) is 10.9 Å². The van der Waals surface area contributed by atoms with Crippen molar-refractivity contribution < 1.29 is 9.53 Å². The molecular weight excluding hydrogens is 294 g/mol. The fraction of sp³-hybridized carbons (Fsp3) is 0.357. The summed E-state index contributed by atoms with van der Waals surface area (Å²) in [5, 5.41) is 1.89. The van der Waals surface area contributed by atoms with Crippen LogP contribution in [-0.4, -0.2) is 17.3 Å². The number of aromatic nitrogens is 1. The van der Waals surface area contributed by atoms with Gasteiger partial charge in [0, 0.05) is 16.9 Å². The minimum Gasteiger partial charge on any atom is -0.449 e. The molecule has 0 atom stereocenters. The van der Waals surface area contributed by atoms with E-state index in [1.165, 1.54) is 5.56 Å². The number of carbonyl (C=O) groups is 1. The van der Waals surface area contributed by atoms with E-state index in [-0.39, 0.29) is 6.09 Å². The summed E-state index contributed by atoms with van der Waals surface area (Å²) in [7, 11) is 0. The van der Waals surface area contributed by atoms with Crippen molar-refractivity contribution in [2.75, 3.05) is 6.61 Å². The summed E-state index contributed by atoms with van der Waals surface area (Å²) < 4.78 is 6.68. The normalized spacial score (nSPS) is 10.8. The van der Waals surface area contributed by atoms with Crippen LogP contribution in [0.4, 0.5) is 4.79 Å². The lowest BCUT2D eigenvalue weighted by atomic mass is 10.1. The second kappa shape index (κ2) is 5.57. The molecule has 1 aromatic heterocycles. The van der Waals surface area contributed by atoms with Gasteiger partial charge in [0.2, 0.25) is 0 Å². The Kier molecular flexibility index (Phi) is 4.07. The molecule has 0 saturated carbocycles. The van der Waals surface area contributed by atoms with E-state index in [1.807, 2.05) is 13.0 Å². The van der Waals surface area contributed by atoms with E-state index in [0.717, 1.165) is 28.2 Å². The number of fused-ring (bicyclic) bond motifs is 1. The Labute approximate surface area is 115 Å². The number of hydrogen-bond acceptors (Lipinski definition) is 2. The Balaban J connectivity index is 2.65. The van der Waals surface area contributed by atoms with E-state index in [0.29, 0.717) is 6.61 Å². The second-order valence-electron chi connectivity index (χ2n) is 4.02. The number of halogens is 1. The average molecular weight is 310 g/mol. The molecule has 0 spiro atoms. The molecule has 2 aromatic rings. The van der Waals surface area contributed by atoms with E-state index < -0.39 is 0 Å². The quantitative estimate of drug-likeness (QED) is 0.799. The summed E-state index contributed by atoms with van der Waals surface area (Å²) in [6.07, 6.45) is 2.37. The highest BCUT2D eigenvalue weighted by Crippen LogP contribution is 2.26. The third-order valence-electron chi connectivity index (χ3n) is 3.01. The Hall–Kier alpha value is -1.29. The lowest BCUT2D eigenvalue weighted by molar-refractivity contribution is 0.155. The summed E-state index contributed by atoms with van der Waals surface area (Å²) in [5.74, 6) is 0. The van der Waals surface area contributed by atoms with Gasteiger partial charge in [0.1, 0.15) is 0 Å². The molecule has 0 aliphatic heterocycles. The van der Waals surface area contributed by atoms with Crippen molar-refractivity contribution in [2.45, 2.75) is 25.6 Å². The van der Waals surface area contributed by atoms with E-state index in [1.54, 1.807) is 10.8 Å². The largest absolute Gasteiger partial charge is 0.449 e. The minimum absolute atomic E-state index is 0.311. The zero-order valence-electron chi connectivity index (χ0n) is 10.6. The van der Waals surface area contributed by atoms with Crippen LogP contribution >= 0.6 is 15.9 Å². The van der Waals surface area contributed by atoms with Gasteiger partial charge in [-0.15, -0.1) is 0 Å². The molecule has 0 aliphatic rings. The van der Waals surface area contributed by atoms with Gasteiger partial charge in [0.15, 0.2) is 0 Å². The molecule has 0 bridgehead atoms. The van der Waals surface area contributed by atoms with Crippen molar-refractivity contribution in [2.24, 2.45) is 0 Å². The Bertz CT molecular complexity index is 574. The highest BCUT2D eigenvalue weighted by Gasteiger charge is 2.14. The molecule has 0 fully saturated rings. The minimum atomic E-state index is -0.311. The maximum atomic E-state index is 11.9. The van der Waals surface area contributed by atoms with Crippen molar-refractivity contribution >= 4 is 32.9 Å². The molecule has 0 amide bonds. The first kappa shape index (κ1) is 13.1. The van der Waals surface area contributed by atoms with Crippen molar-refractivity contribution in [3.63, 3.8) is 0 Å². The molecule has 0 radical (unpaired) electrons. The van der Waals surface area contributed by atoms with Gasteiger partial charge in [0.05, 0.1) is 12.1 Å². The number of nitrogens with zero attached hydrogens (tertiary/aromatic N) is 1. The highest BCUT2D eigenvalue weighted by molar-refractivity contribution is 9.08. The molecule has 18 heavy (non-hydrogen) atoms. The zero-order valence-corrected chi connectivity index (χ0v) is 12.2. The Morgan fingerprint density at radius 3 is 2.61 bits per heavy atom. The predicted molar refractivity (Wildman–Crippen MR) is 76.4 cm³/mol. The number of ether oxygens (including phenoxy) is 1. The van der Waals surface area contributed by atoms with E-state index in [9.17, 15) is 4.79 Å². The first-order chi connectivity index (χ1) is 8.72. The van der Waals surface area contributed by atoms with Crippen LogP contribution in [0.1, 0.15) is 25.0 Å². The predicted octanol–water partition coefficient (Wildman–Crippen LogP) is 4.10. The molecule has 0 N–H and O–H groups in total. The van der Waals surface area contributed by atoms with Gasteiger partial charge in [-0.25, -0.2) is 4.79 Å².